The number of carbonyl (C=O) groups excluding carboxylic acids is 3. The predicted octanol–water partition coefficient (Wildman–Crippen LogP) is 2.20. The molecular weight excluding hydrogens is 452 g/mol. The van der Waals surface area contributed by atoms with E-state index < -0.39 is 12.1 Å². The van der Waals surface area contributed by atoms with E-state index in [4.69, 9.17) is 11.1 Å². The fraction of sp³-hybridized carbons (Fsp3) is 0.292. The number of aromatic nitrogens is 1. The number of ketones is 1. The normalized spacial score (nSPS) is 15.6. The van der Waals surface area contributed by atoms with E-state index in [-0.39, 0.29) is 23.6 Å². The number of amides is 2. The summed E-state index contributed by atoms with van der Waals surface area (Å²) >= 11 is 1.29. The Hall–Kier alpha value is -3.79. The number of benzene rings is 2. The summed E-state index contributed by atoms with van der Waals surface area (Å²) in [6.07, 6.45) is 1.22. The van der Waals surface area contributed by atoms with Crippen molar-refractivity contribution in [1.29, 1.82) is 5.41 Å². The molecule has 0 saturated carbocycles. The van der Waals surface area contributed by atoms with Crippen molar-refractivity contribution in [2.75, 3.05) is 11.4 Å². The van der Waals surface area contributed by atoms with Gasteiger partial charge in [-0.2, -0.15) is 0 Å². The summed E-state index contributed by atoms with van der Waals surface area (Å²) in [5, 5.41) is 13.2. The summed E-state index contributed by atoms with van der Waals surface area (Å²) in [5.74, 6) is -1.05. The molecule has 176 valence electrons. The summed E-state index contributed by atoms with van der Waals surface area (Å²) in [5.41, 5.74) is 7.70. The van der Waals surface area contributed by atoms with Crippen LogP contribution in [0.4, 0.5) is 5.69 Å². The van der Waals surface area contributed by atoms with Crippen molar-refractivity contribution in [1.82, 2.24) is 15.6 Å². The second kappa shape index (κ2) is 10.0. The van der Waals surface area contributed by atoms with E-state index in [1.54, 1.807) is 0 Å². The molecule has 1 unspecified atom stereocenters. The highest BCUT2D eigenvalue weighted by Crippen LogP contribution is 2.32. The van der Waals surface area contributed by atoms with Crippen LogP contribution in [0.1, 0.15) is 35.1 Å². The van der Waals surface area contributed by atoms with E-state index in [1.165, 1.54) is 23.2 Å². The second-order valence-corrected chi connectivity index (χ2v) is 9.16. The van der Waals surface area contributed by atoms with Crippen molar-refractivity contribution in [3.05, 3.63) is 59.1 Å². The Kier molecular flexibility index (Phi) is 6.87. The first-order chi connectivity index (χ1) is 16.3. The minimum Gasteiger partial charge on any atom is -0.370 e. The van der Waals surface area contributed by atoms with Gasteiger partial charge in [0, 0.05) is 25.6 Å². The number of nitrogens with one attached hydrogen (secondary N) is 3. The quantitative estimate of drug-likeness (QED) is 0.169. The average Bonchev–Trinajstić information content (AvgIpc) is 3.42. The zero-order valence-electron chi connectivity index (χ0n) is 18.7. The lowest BCUT2D eigenvalue weighted by Crippen LogP contribution is -2.52. The molecule has 2 aromatic carbocycles. The van der Waals surface area contributed by atoms with Crippen LogP contribution < -0.4 is 21.3 Å². The van der Waals surface area contributed by atoms with Gasteiger partial charge >= 0.3 is 0 Å². The number of para-hydroxylation sites is 2. The van der Waals surface area contributed by atoms with E-state index in [2.05, 4.69) is 15.6 Å². The molecule has 0 saturated heterocycles. The minimum absolute atomic E-state index is 0.154. The molecule has 4 rings (SSSR count). The third-order valence-corrected chi connectivity index (χ3v) is 6.79. The fourth-order valence-electron chi connectivity index (χ4n) is 4.18. The Morgan fingerprint density at radius 1 is 1.21 bits per heavy atom. The van der Waals surface area contributed by atoms with Gasteiger partial charge in [0.1, 0.15) is 6.04 Å². The summed E-state index contributed by atoms with van der Waals surface area (Å²) < 4.78 is 0.892. The number of nitrogens with two attached hydrogens (primary N) is 1. The van der Waals surface area contributed by atoms with Crippen molar-refractivity contribution in [2.45, 2.75) is 38.3 Å². The maximum atomic E-state index is 13.4. The van der Waals surface area contributed by atoms with Gasteiger partial charge in [-0.25, -0.2) is 4.98 Å². The van der Waals surface area contributed by atoms with Crippen LogP contribution in [0.3, 0.4) is 0 Å². The summed E-state index contributed by atoms with van der Waals surface area (Å²) in [4.78, 5) is 45.0. The van der Waals surface area contributed by atoms with Crippen LogP contribution >= 0.6 is 11.3 Å². The minimum atomic E-state index is -0.820. The first-order valence-electron chi connectivity index (χ1n) is 11.0. The number of rotatable bonds is 8. The molecule has 2 amide bonds. The molecule has 0 bridgehead atoms. The molecule has 0 aliphatic carbocycles. The number of thiazole rings is 1. The number of guanidine groups is 1. The van der Waals surface area contributed by atoms with Gasteiger partial charge in [-0.05, 0) is 36.6 Å². The monoisotopic (exact) mass is 478 g/mol. The Labute approximate surface area is 200 Å². The zero-order chi connectivity index (χ0) is 24.2. The van der Waals surface area contributed by atoms with Gasteiger partial charge < -0.3 is 16.4 Å². The fourth-order valence-corrected chi connectivity index (χ4v) is 5.14. The summed E-state index contributed by atoms with van der Waals surface area (Å²) in [7, 11) is 0. The Morgan fingerprint density at radius 3 is 2.68 bits per heavy atom. The lowest BCUT2D eigenvalue weighted by atomic mass is 10.0. The van der Waals surface area contributed by atoms with Gasteiger partial charge in [0.25, 0.3) is 0 Å². The van der Waals surface area contributed by atoms with Gasteiger partial charge in [0.05, 0.1) is 16.3 Å². The maximum Gasteiger partial charge on any atom is 0.244 e. The standard InChI is InChI=1S/C24H26N6O3S/c1-14(31)30-18-10-4-2-7-15(18)13-19(30)22(33)28-17(9-6-12-27-24(25)26)21(32)23-29-16-8-3-5-11-20(16)34-23/h2-5,7-8,10-11,17,19H,6,9,12-13H2,1H3,(H,28,33)(H4,25,26,27)/t17?,19-/m0/s1. The third-order valence-electron chi connectivity index (χ3n) is 5.74. The van der Waals surface area contributed by atoms with Gasteiger partial charge in [0.2, 0.25) is 17.6 Å². The van der Waals surface area contributed by atoms with Gasteiger partial charge in [-0.3, -0.25) is 24.7 Å². The van der Waals surface area contributed by atoms with Crippen molar-refractivity contribution in [3.63, 3.8) is 0 Å². The smallest absolute Gasteiger partial charge is 0.244 e. The molecule has 3 aromatic rings. The van der Waals surface area contributed by atoms with Crippen molar-refractivity contribution >= 4 is 50.8 Å². The van der Waals surface area contributed by atoms with Crippen LogP contribution in [0, 0.1) is 5.41 Å². The molecule has 0 radical (unpaired) electrons. The van der Waals surface area contributed by atoms with Crippen LogP contribution in [0.5, 0.6) is 0 Å². The number of nitrogens with zero attached hydrogens (tertiary/aromatic N) is 2. The van der Waals surface area contributed by atoms with Gasteiger partial charge in [-0.15, -0.1) is 11.3 Å². The van der Waals surface area contributed by atoms with E-state index in [0.717, 1.165) is 21.5 Å². The van der Waals surface area contributed by atoms with Crippen LogP contribution in [0.15, 0.2) is 48.5 Å². The van der Waals surface area contributed by atoms with Crippen molar-refractivity contribution in [3.8, 4) is 0 Å². The summed E-state index contributed by atoms with van der Waals surface area (Å²) in [6.45, 7) is 1.82. The number of hydrogen-bond donors (Lipinski definition) is 4. The molecule has 34 heavy (non-hydrogen) atoms. The van der Waals surface area contributed by atoms with Crippen molar-refractivity contribution < 1.29 is 14.4 Å². The Balaban J connectivity index is 1.54. The molecule has 0 spiro atoms. The molecule has 0 fully saturated rings. The third kappa shape index (κ3) is 4.91. The molecule has 1 aliphatic rings. The first kappa shape index (κ1) is 23.4. The lowest BCUT2D eigenvalue weighted by Gasteiger charge is -2.25. The highest BCUT2D eigenvalue weighted by molar-refractivity contribution is 7.20. The Bertz CT molecular complexity index is 1220. The van der Waals surface area contributed by atoms with Crippen molar-refractivity contribution in [2.24, 2.45) is 5.73 Å². The van der Waals surface area contributed by atoms with E-state index in [0.29, 0.717) is 30.8 Å². The topological polar surface area (TPSA) is 141 Å². The van der Waals surface area contributed by atoms with E-state index in [1.807, 2.05) is 48.5 Å². The number of fused-ring (bicyclic) bond motifs is 2. The molecule has 9 nitrogen and oxygen atoms in total. The van der Waals surface area contributed by atoms with Crippen LogP contribution in [-0.4, -0.2) is 47.2 Å². The van der Waals surface area contributed by atoms with Crippen LogP contribution in [0.25, 0.3) is 10.2 Å². The molecule has 2 heterocycles. The molecule has 5 N–H and O–H groups in total. The molecule has 1 aliphatic heterocycles. The van der Waals surface area contributed by atoms with E-state index in [9.17, 15) is 14.4 Å². The lowest BCUT2D eigenvalue weighted by molar-refractivity contribution is -0.125. The number of anilines is 1. The summed E-state index contributed by atoms with van der Waals surface area (Å²) in [6, 6.07) is 13.4. The average molecular weight is 479 g/mol. The highest BCUT2D eigenvalue weighted by atomic mass is 32.1. The van der Waals surface area contributed by atoms with Gasteiger partial charge in [0.15, 0.2) is 11.0 Å². The van der Waals surface area contributed by atoms with Gasteiger partial charge in [-0.1, -0.05) is 30.3 Å². The van der Waals surface area contributed by atoms with E-state index >= 15 is 0 Å². The Morgan fingerprint density at radius 2 is 1.94 bits per heavy atom. The SMILES string of the molecule is CC(=O)N1c2ccccc2C[C@H]1C(=O)NC(CCCNC(=N)N)C(=O)c1nc2ccccc2s1. The largest absolute Gasteiger partial charge is 0.370 e. The number of hydrogen-bond acceptors (Lipinski definition) is 6. The molecular formula is C24H26N6O3S. The maximum absolute atomic E-state index is 13.4. The zero-order valence-corrected chi connectivity index (χ0v) is 19.5. The molecule has 10 heteroatoms. The van der Waals surface area contributed by atoms with Crippen LogP contribution in [0.2, 0.25) is 0 Å². The molecule has 1 aromatic heterocycles. The second-order valence-electron chi connectivity index (χ2n) is 8.13. The highest BCUT2D eigenvalue weighted by Gasteiger charge is 2.38. The number of Topliss-reactive ketones (excluding diaryl/α,β-unsaturated/α-hetero) is 1. The first-order valence-corrected chi connectivity index (χ1v) is 11.8. The molecule has 2 atom stereocenters. The predicted molar refractivity (Wildman–Crippen MR) is 132 cm³/mol. The van der Waals surface area contributed by atoms with Crippen LogP contribution in [-0.2, 0) is 16.0 Å². The number of carbonyl (C=O) groups is 3.